The van der Waals surface area contributed by atoms with Gasteiger partial charge in [-0.25, -0.2) is 0 Å². The van der Waals surface area contributed by atoms with Crippen molar-refractivity contribution in [1.29, 1.82) is 0 Å². The summed E-state index contributed by atoms with van der Waals surface area (Å²) < 4.78 is 0. The molecule has 0 unspecified atom stereocenters. The molecular weight excluding hydrogens is 378 g/mol. The minimum Gasteiger partial charge on any atom is -0.352 e. The van der Waals surface area contributed by atoms with Gasteiger partial charge in [0, 0.05) is 30.5 Å². The first-order valence-electron chi connectivity index (χ1n) is 10.4. The fourth-order valence-corrected chi connectivity index (χ4v) is 3.91. The lowest BCUT2D eigenvalue weighted by atomic mass is 9.91. The highest BCUT2D eigenvalue weighted by molar-refractivity contribution is 5.78. The largest absolute Gasteiger partial charge is 0.352 e. The van der Waals surface area contributed by atoms with Gasteiger partial charge in [-0.2, -0.15) is 4.80 Å². The van der Waals surface area contributed by atoms with E-state index in [2.05, 4.69) is 25.7 Å². The Labute approximate surface area is 176 Å². The van der Waals surface area contributed by atoms with Gasteiger partial charge in [0.15, 0.2) is 0 Å². The normalized spacial score (nSPS) is 19.0. The molecule has 8 heteroatoms. The Hall–Kier alpha value is -3.13. The Balaban J connectivity index is 1.23. The number of hydrogen-bond donors (Lipinski definition) is 1. The van der Waals surface area contributed by atoms with Crippen LogP contribution in [0.5, 0.6) is 0 Å². The van der Waals surface area contributed by atoms with Gasteiger partial charge in [0.1, 0.15) is 0 Å². The van der Waals surface area contributed by atoms with Gasteiger partial charge in [-0.05, 0) is 49.6 Å². The molecule has 4 rings (SSSR count). The van der Waals surface area contributed by atoms with Crippen LogP contribution in [0.4, 0.5) is 0 Å². The lowest BCUT2D eigenvalue weighted by Gasteiger charge is -2.28. The number of nitrogens with one attached hydrogen (secondary N) is 1. The summed E-state index contributed by atoms with van der Waals surface area (Å²) in [5.74, 6) is 0.720. The highest BCUT2D eigenvalue weighted by Gasteiger charge is 2.25. The van der Waals surface area contributed by atoms with Gasteiger partial charge in [0.25, 0.3) is 0 Å². The number of hydrogen-bond acceptors (Lipinski definition) is 6. The van der Waals surface area contributed by atoms with Crippen LogP contribution < -0.4 is 5.32 Å². The quantitative estimate of drug-likeness (QED) is 0.650. The molecule has 2 aromatic heterocycles. The third kappa shape index (κ3) is 5.27. The maximum absolute atomic E-state index is 12.4. The molecule has 1 saturated carbocycles. The zero-order valence-corrected chi connectivity index (χ0v) is 17.2. The molecule has 0 atom stereocenters. The van der Waals surface area contributed by atoms with E-state index >= 15 is 0 Å². The Kier molecular flexibility index (Phi) is 6.44. The molecular formula is C22H27N7O. The molecule has 1 N–H and O–H groups in total. The summed E-state index contributed by atoms with van der Waals surface area (Å²) in [6.07, 6.45) is 7.29. The van der Waals surface area contributed by atoms with E-state index in [9.17, 15) is 4.79 Å². The number of rotatable bonds is 7. The fourth-order valence-electron chi connectivity index (χ4n) is 3.91. The Morgan fingerprint density at radius 1 is 1.13 bits per heavy atom. The summed E-state index contributed by atoms with van der Waals surface area (Å²) in [6.45, 7) is 1.08. The number of carbonyl (C=O) groups is 1. The third-order valence-corrected chi connectivity index (χ3v) is 5.44. The molecule has 0 aliphatic heterocycles. The second-order valence-electron chi connectivity index (χ2n) is 7.91. The van der Waals surface area contributed by atoms with Gasteiger partial charge in [-0.3, -0.25) is 14.7 Å². The van der Waals surface area contributed by atoms with E-state index in [1.165, 1.54) is 0 Å². The number of carbonyl (C=O) groups excluding carboxylic acids is 1. The molecule has 8 nitrogen and oxygen atoms in total. The average Bonchev–Trinajstić information content (AvgIpc) is 3.26. The van der Waals surface area contributed by atoms with Crippen LogP contribution >= 0.6 is 0 Å². The lowest BCUT2D eigenvalue weighted by molar-refractivity contribution is -0.123. The van der Waals surface area contributed by atoms with Crippen molar-refractivity contribution in [2.75, 3.05) is 13.6 Å². The highest BCUT2D eigenvalue weighted by atomic mass is 16.2. The predicted octanol–water partition coefficient (Wildman–Crippen LogP) is 2.47. The van der Waals surface area contributed by atoms with Crippen LogP contribution in [0.15, 0.2) is 54.9 Å². The standard InChI is InChI=1S/C22H27N7O/c1-28(15-17-6-5-13-23-14-17)16-21(30)24-19-9-11-20(12-10-19)29-26-22(25-27-29)18-7-3-2-4-8-18/h2-8,13-14,19-20H,9-12,15-16H2,1H3,(H,24,30). The van der Waals surface area contributed by atoms with Crippen LogP contribution in [0.1, 0.15) is 37.3 Å². The smallest absolute Gasteiger partial charge is 0.234 e. The van der Waals surface area contributed by atoms with E-state index in [0.717, 1.165) is 36.8 Å². The predicted molar refractivity (Wildman–Crippen MR) is 113 cm³/mol. The van der Waals surface area contributed by atoms with Gasteiger partial charge < -0.3 is 5.32 Å². The molecule has 0 spiro atoms. The zero-order valence-electron chi connectivity index (χ0n) is 17.2. The van der Waals surface area contributed by atoms with E-state index in [4.69, 9.17) is 0 Å². The minimum absolute atomic E-state index is 0.0649. The minimum atomic E-state index is 0.0649. The molecule has 156 valence electrons. The summed E-state index contributed by atoms with van der Waals surface area (Å²) in [5.41, 5.74) is 2.07. The maximum atomic E-state index is 12.4. The lowest BCUT2D eigenvalue weighted by Crippen LogP contribution is -2.42. The van der Waals surface area contributed by atoms with E-state index < -0.39 is 0 Å². The number of tetrazole rings is 1. The number of benzene rings is 1. The van der Waals surface area contributed by atoms with Gasteiger partial charge in [-0.1, -0.05) is 36.4 Å². The van der Waals surface area contributed by atoms with E-state index in [1.807, 2.05) is 60.6 Å². The van der Waals surface area contributed by atoms with E-state index in [1.54, 1.807) is 11.0 Å². The van der Waals surface area contributed by atoms with Crippen LogP contribution in [-0.4, -0.2) is 55.6 Å². The topological polar surface area (TPSA) is 88.8 Å². The molecule has 2 heterocycles. The molecule has 1 aromatic carbocycles. The van der Waals surface area contributed by atoms with Crippen molar-refractivity contribution in [1.82, 2.24) is 35.4 Å². The van der Waals surface area contributed by atoms with Gasteiger partial charge in [0.2, 0.25) is 11.7 Å². The number of nitrogens with zero attached hydrogens (tertiary/aromatic N) is 6. The van der Waals surface area contributed by atoms with Crippen molar-refractivity contribution < 1.29 is 4.79 Å². The molecule has 0 radical (unpaired) electrons. The summed E-state index contributed by atoms with van der Waals surface area (Å²) >= 11 is 0. The van der Waals surface area contributed by atoms with Crippen LogP contribution in [0.25, 0.3) is 11.4 Å². The first-order valence-corrected chi connectivity index (χ1v) is 10.4. The number of likely N-dealkylation sites (N-methyl/N-ethyl adjacent to an activating group) is 1. The van der Waals surface area contributed by atoms with Crippen molar-refractivity contribution in [2.45, 2.75) is 44.3 Å². The summed E-state index contributed by atoms with van der Waals surface area (Å²) in [7, 11) is 1.95. The maximum Gasteiger partial charge on any atom is 0.234 e. The molecule has 30 heavy (non-hydrogen) atoms. The Morgan fingerprint density at radius 2 is 1.93 bits per heavy atom. The van der Waals surface area contributed by atoms with Crippen LogP contribution in [0, 0.1) is 0 Å². The second-order valence-corrected chi connectivity index (χ2v) is 7.91. The molecule has 1 aliphatic rings. The van der Waals surface area contributed by atoms with E-state index in [-0.39, 0.29) is 18.0 Å². The second kappa shape index (κ2) is 9.58. The van der Waals surface area contributed by atoms with Crippen LogP contribution in [-0.2, 0) is 11.3 Å². The third-order valence-electron chi connectivity index (χ3n) is 5.44. The first-order chi connectivity index (χ1) is 14.7. The zero-order chi connectivity index (χ0) is 20.8. The van der Waals surface area contributed by atoms with Crippen molar-refractivity contribution in [3.63, 3.8) is 0 Å². The van der Waals surface area contributed by atoms with Gasteiger partial charge in [0.05, 0.1) is 12.6 Å². The first kappa shape index (κ1) is 20.2. The molecule has 1 fully saturated rings. The van der Waals surface area contributed by atoms with Gasteiger partial charge >= 0.3 is 0 Å². The fraction of sp³-hybridized carbons (Fsp3) is 0.409. The van der Waals surface area contributed by atoms with Crippen LogP contribution in [0.3, 0.4) is 0 Å². The molecule has 1 amide bonds. The molecule has 3 aromatic rings. The van der Waals surface area contributed by atoms with Crippen molar-refractivity contribution in [3.8, 4) is 11.4 Å². The summed E-state index contributed by atoms with van der Waals surface area (Å²) in [6, 6.07) is 14.3. The van der Waals surface area contributed by atoms with Crippen molar-refractivity contribution >= 4 is 5.91 Å². The molecule has 0 saturated heterocycles. The molecule has 0 bridgehead atoms. The highest BCUT2D eigenvalue weighted by Crippen LogP contribution is 2.27. The Bertz CT molecular complexity index is 936. The summed E-state index contributed by atoms with van der Waals surface area (Å²) in [4.78, 5) is 20.3. The number of pyridine rings is 1. The van der Waals surface area contributed by atoms with Gasteiger partial charge in [-0.15, -0.1) is 10.2 Å². The summed E-state index contributed by atoms with van der Waals surface area (Å²) in [5, 5.41) is 16.2. The average molecular weight is 406 g/mol. The van der Waals surface area contributed by atoms with E-state index in [0.29, 0.717) is 18.9 Å². The SMILES string of the molecule is CN(CC(=O)NC1CCC(n2nnc(-c3ccccc3)n2)CC1)Cc1cccnc1. The Morgan fingerprint density at radius 3 is 2.67 bits per heavy atom. The van der Waals surface area contributed by atoms with Crippen LogP contribution in [0.2, 0.25) is 0 Å². The van der Waals surface area contributed by atoms with Crippen molar-refractivity contribution in [2.24, 2.45) is 0 Å². The monoisotopic (exact) mass is 405 g/mol. The number of aromatic nitrogens is 5. The van der Waals surface area contributed by atoms with Crippen molar-refractivity contribution in [3.05, 3.63) is 60.4 Å². The molecule has 1 aliphatic carbocycles. The number of amides is 1.